The van der Waals surface area contributed by atoms with Gasteiger partial charge in [0, 0.05) is 12.4 Å². The quantitative estimate of drug-likeness (QED) is 0.723. The molecule has 0 aliphatic heterocycles. The molecule has 0 aromatic carbocycles. The Morgan fingerprint density at radius 3 is 1.85 bits per heavy atom. The molecule has 1 aromatic heterocycles. The van der Waals surface area contributed by atoms with Crippen molar-refractivity contribution in [2.75, 3.05) is 0 Å². The normalized spacial score (nSPS) is 9.85. The highest BCUT2D eigenvalue weighted by atomic mass is 35.5. The predicted octanol–water partition coefficient (Wildman–Crippen LogP) is 2.39. The fourth-order valence-electron chi connectivity index (χ4n) is 0.539. The molecular formula is C6H9ClF3N3. The smallest absolute Gasteiger partial charge is 0.344 e. The van der Waals surface area contributed by atoms with Crippen LogP contribution < -0.4 is 6.15 Å². The summed E-state index contributed by atoms with van der Waals surface area (Å²) in [5.41, 5.74) is 0.609. The Labute approximate surface area is 79.4 Å². The topological polar surface area (TPSA) is 60.8 Å². The molecule has 0 unspecified atom stereocenters. The van der Waals surface area contributed by atoms with Crippen LogP contribution in [0.5, 0.6) is 0 Å². The Hall–Kier alpha value is -0.880. The van der Waals surface area contributed by atoms with Gasteiger partial charge in [-0.1, -0.05) is 0 Å². The minimum Gasteiger partial charge on any atom is -0.344 e. The number of nitrogens with zero attached hydrogens (tertiary/aromatic N) is 2. The molecule has 3 nitrogen and oxygen atoms in total. The Morgan fingerprint density at radius 2 is 1.54 bits per heavy atom. The van der Waals surface area contributed by atoms with Crippen molar-refractivity contribution in [1.29, 1.82) is 0 Å². The van der Waals surface area contributed by atoms with Gasteiger partial charge in [-0.3, -0.25) is 0 Å². The van der Waals surface area contributed by atoms with Gasteiger partial charge in [0.2, 0.25) is 5.82 Å². The van der Waals surface area contributed by atoms with Crippen molar-refractivity contribution in [1.82, 2.24) is 16.1 Å². The second-order valence-electron chi connectivity index (χ2n) is 2.08. The average molecular weight is 216 g/mol. The molecule has 0 fully saturated rings. The van der Waals surface area contributed by atoms with Crippen LogP contribution in [-0.4, -0.2) is 9.97 Å². The van der Waals surface area contributed by atoms with Crippen LogP contribution in [0.2, 0.25) is 0 Å². The summed E-state index contributed by atoms with van der Waals surface area (Å²) in [6.07, 6.45) is -2.17. The highest BCUT2D eigenvalue weighted by molar-refractivity contribution is 5.85. The van der Waals surface area contributed by atoms with E-state index < -0.39 is 12.0 Å². The van der Waals surface area contributed by atoms with Gasteiger partial charge >= 0.3 is 6.18 Å². The number of halogens is 4. The van der Waals surface area contributed by atoms with Crippen molar-refractivity contribution < 1.29 is 13.2 Å². The van der Waals surface area contributed by atoms with E-state index in [1.54, 1.807) is 6.92 Å². The second-order valence-corrected chi connectivity index (χ2v) is 2.08. The van der Waals surface area contributed by atoms with E-state index in [9.17, 15) is 13.2 Å². The molecule has 0 spiro atoms. The first-order chi connectivity index (χ1) is 5.00. The molecule has 0 bridgehead atoms. The van der Waals surface area contributed by atoms with Crippen LogP contribution in [0.1, 0.15) is 11.4 Å². The lowest BCUT2D eigenvalue weighted by Gasteiger charge is -2.02. The van der Waals surface area contributed by atoms with Crippen molar-refractivity contribution >= 4 is 12.4 Å². The average Bonchev–Trinajstić information content (AvgIpc) is 1.86. The molecule has 0 atom stereocenters. The van der Waals surface area contributed by atoms with Crippen LogP contribution in [0.3, 0.4) is 0 Å². The molecule has 1 aromatic rings. The molecule has 0 radical (unpaired) electrons. The zero-order valence-corrected chi connectivity index (χ0v) is 7.61. The summed E-state index contributed by atoms with van der Waals surface area (Å²) in [6, 6.07) is 0. The van der Waals surface area contributed by atoms with Gasteiger partial charge in [-0.05, 0) is 12.5 Å². The summed E-state index contributed by atoms with van der Waals surface area (Å²) >= 11 is 0. The van der Waals surface area contributed by atoms with E-state index in [1.807, 2.05) is 0 Å². The monoisotopic (exact) mass is 215 g/mol. The summed E-state index contributed by atoms with van der Waals surface area (Å²) in [5, 5.41) is 0. The third-order valence-corrected chi connectivity index (χ3v) is 1.03. The van der Waals surface area contributed by atoms with Gasteiger partial charge in [0.05, 0.1) is 0 Å². The number of aryl methyl sites for hydroxylation is 1. The van der Waals surface area contributed by atoms with Gasteiger partial charge < -0.3 is 6.15 Å². The van der Waals surface area contributed by atoms with E-state index in [-0.39, 0.29) is 18.6 Å². The number of rotatable bonds is 0. The largest absolute Gasteiger partial charge is 0.451 e. The molecule has 7 heteroatoms. The molecule has 0 saturated heterocycles. The molecular weight excluding hydrogens is 207 g/mol. The Balaban J connectivity index is 0. The third kappa shape index (κ3) is 4.05. The number of hydrogen-bond acceptors (Lipinski definition) is 3. The molecule has 0 saturated carbocycles. The van der Waals surface area contributed by atoms with Gasteiger partial charge in [0.15, 0.2) is 0 Å². The summed E-state index contributed by atoms with van der Waals surface area (Å²) in [7, 11) is 0. The Morgan fingerprint density at radius 1 is 1.15 bits per heavy atom. The van der Waals surface area contributed by atoms with E-state index in [2.05, 4.69) is 9.97 Å². The Bertz CT molecular complexity index is 246. The lowest BCUT2D eigenvalue weighted by molar-refractivity contribution is -0.145. The maximum atomic E-state index is 11.8. The summed E-state index contributed by atoms with van der Waals surface area (Å²) in [6.45, 7) is 1.63. The lowest BCUT2D eigenvalue weighted by Crippen LogP contribution is -2.10. The van der Waals surface area contributed by atoms with E-state index >= 15 is 0 Å². The maximum Gasteiger partial charge on any atom is 0.451 e. The van der Waals surface area contributed by atoms with Gasteiger partial charge in [-0.2, -0.15) is 13.2 Å². The van der Waals surface area contributed by atoms with Crippen molar-refractivity contribution in [2.45, 2.75) is 13.1 Å². The molecule has 0 aliphatic rings. The zero-order valence-electron chi connectivity index (χ0n) is 6.80. The van der Waals surface area contributed by atoms with Crippen LogP contribution in [0, 0.1) is 6.92 Å². The number of aromatic nitrogens is 2. The van der Waals surface area contributed by atoms with Crippen LogP contribution in [0.15, 0.2) is 12.4 Å². The lowest BCUT2D eigenvalue weighted by atomic mass is 10.4. The minimum atomic E-state index is -4.44. The summed E-state index contributed by atoms with van der Waals surface area (Å²) in [5.74, 6) is -1.09. The first-order valence-corrected chi connectivity index (χ1v) is 2.86. The summed E-state index contributed by atoms with van der Waals surface area (Å²) in [4.78, 5) is 6.23. The standard InChI is InChI=1S/C6H5F3N2.ClH.H3N/c1-4-2-10-5(11-3-4)6(7,8)9;;/h2-3H,1H3;1H;1H3. The highest BCUT2D eigenvalue weighted by Gasteiger charge is 2.33. The van der Waals surface area contributed by atoms with Crippen LogP contribution in [-0.2, 0) is 6.18 Å². The van der Waals surface area contributed by atoms with Crippen LogP contribution in [0.25, 0.3) is 0 Å². The van der Waals surface area contributed by atoms with Gasteiger partial charge in [-0.15, -0.1) is 12.4 Å². The maximum absolute atomic E-state index is 11.8. The summed E-state index contributed by atoms with van der Waals surface area (Å²) < 4.78 is 35.4. The fourth-order valence-corrected chi connectivity index (χ4v) is 0.539. The predicted molar refractivity (Wildman–Crippen MR) is 44.0 cm³/mol. The molecule has 1 heterocycles. The second kappa shape index (κ2) is 4.98. The molecule has 0 aliphatic carbocycles. The van der Waals surface area contributed by atoms with Crippen LogP contribution >= 0.6 is 12.4 Å². The molecule has 76 valence electrons. The molecule has 3 N–H and O–H groups in total. The van der Waals surface area contributed by atoms with Crippen LogP contribution in [0.4, 0.5) is 13.2 Å². The highest BCUT2D eigenvalue weighted by Crippen LogP contribution is 2.25. The van der Waals surface area contributed by atoms with E-state index in [0.717, 1.165) is 12.4 Å². The number of hydrogen-bond donors (Lipinski definition) is 1. The van der Waals surface area contributed by atoms with E-state index in [1.165, 1.54) is 0 Å². The third-order valence-electron chi connectivity index (χ3n) is 1.03. The fraction of sp³-hybridized carbons (Fsp3) is 0.333. The first-order valence-electron chi connectivity index (χ1n) is 2.86. The minimum absolute atomic E-state index is 0. The number of alkyl halides is 3. The molecule has 0 amide bonds. The van der Waals surface area contributed by atoms with Gasteiger partial charge in [0.25, 0.3) is 0 Å². The zero-order chi connectivity index (χ0) is 8.48. The van der Waals surface area contributed by atoms with Crippen molar-refractivity contribution in [3.8, 4) is 0 Å². The van der Waals surface area contributed by atoms with Gasteiger partial charge in [0.1, 0.15) is 0 Å². The van der Waals surface area contributed by atoms with Crippen molar-refractivity contribution in [3.05, 3.63) is 23.8 Å². The van der Waals surface area contributed by atoms with E-state index in [0.29, 0.717) is 5.56 Å². The SMILES string of the molecule is Cc1cnc(C(F)(F)F)nc1.Cl.N. The van der Waals surface area contributed by atoms with Crippen molar-refractivity contribution in [3.63, 3.8) is 0 Å². The van der Waals surface area contributed by atoms with Gasteiger partial charge in [-0.25, -0.2) is 9.97 Å². The van der Waals surface area contributed by atoms with E-state index in [4.69, 9.17) is 0 Å². The van der Waals surface area contributed by atoms with Crippen molar-refractivity contribution in [2.24, 2.45) is 0 Å². The first kappa shape index (κ1) is 14.6. The molecule has 1 rings (SSSR count). The molecule has 13 heavy (non-hydrogen) atoms. The Kier molecular flexibility index (Phi) is 5.61.